The molecule has 166 valence electrons. The maximum absolute atomic E-state index is 13.2. The molecule has 3 heterocycles. The van der Waals surface area contributed by atoms with Gasteiger partial charge in [-0.05, 0) is 52.9 Å². The lowest BCUT2D eigenvalue weighted by Crippen LogP contribution is -3.28. The average molecular weight is 428 g/mol. The van der Waals surface area contributed by atoms with Gasteiger partial charge in [0.15, 0.2) is 6.04 Å². The summed E-state index contributed by atoms with van der Waals surface area (Å²) < 4.78 is 7.03. The predicted molar refractivity (Wildman–Crippen MR) is 117 cm³/mol. The van der Waals surface area contributed by atoms with Crippen molar-refractivity contribution < 1.29 is 14.5 Å². The maximum Gasteiger partial charge on any atom is 0.258 e. The number of aryl methyl sites for hydroxylation is 1. The second kappa shape index (κ2) is 9.67. The molecule has 1 atom stereocenters. The van der Waals surface area contributed by atoms with Crippen molar-refractivity contribution in [1.29, 1.82) is 0 Å². The zero-order valence-electron chi connectivity index (χ0n) is 18.6. The zero-order valence-corrected chi connectivity index (χ0v) is 18.6. The van der Waals surface area contributed by atoms with E-state index in [4.69, 9.17) is 4.74 Å². The molecule has 4 rings (SSSR count). The van der Waals surface area contributed by atoms with E-state index in [1.54, 1.807) is 16.7 Å². The van der Waals surface area contributed by atoms with Gasteiger partial charge in [0.1, 0.15) is 26.2 Å². The number of quaternary nitrogens is 2. The molecule has 3 N–H and O–H groups in total. The summed E-state index contributed by atoms with van der Waals surface area (Å²) in [7, 11) is 1.67. The SMILES string of the molecule is CCc1ccc2[nH]c(=O)c([C@@H](c3nnnn3CCOC)[NH+]3CC[NH+](CC)CC3)cc2c1. The summed E-state index contributed by atoms with van der Waals surface area (Å²) in [6.45, 7) is 10.7. The zero-order chi connectivity index (χ0) is 21.8. The first-order valence-electron chi connectivity index (χ1n) is 11.2. The number of benzene rings is 1. The van der Waals surface area contributed by atoms with E-state index in [1.165, 1.54) is 10.5 Å². The van der Waals surface area contributed by atoms with Crippen LogP contribution in [0.4, 0.5) is 0 Å². The first-order chi connectivity index (χ1) is 15.1. The summed E-state index contributed by atoms with van der Waals surface area (Å²) in [5.41, 5.74) is 2.77. The normalized spacial score (nSPS) is 20.2. The van der Waals surface area contributed by atoms with E-state index in [1.807, 2.05) is 12.1 Å². The Morgan fingerprint density at radius 1 is 1.19 bits per heavy atom. The summed E-state index contributed by atoms with van der Waals surface area (Å²) in [5, 5.41) is 13.6. The van der Waals surface area contributed by atoms with E-state index in [-0.39, 0.29) is 11.6 Å². The molecule has 2 aromatic heterocycles. The van der Waals surface area contributed by atoms with Crippen molar-refractivity contribution in [3.05, 3.63) is 51.6 Å². The number of hydrogen-bond donors (Lipinski definition) is 3. The molecule has 1 aliphatic heterocycles. The molecule has 1 saturated heterocycles. The van der Waals surface area contributed by atoms with Gasteiger partial charge in [-0.2, -0.15) is 0 Å². The number of H-pyrrole nitrogens is 1. The van der Waals surface area contributed by atoms with Crippen molar-refractivity contribution in [3.8, 4) is 0 Å². The number of aromatic amines is 1. The maximum atomic E-state index is 13.2. The highest BCUT2D eigenvalue weighted by atomic mass is 16.5. The molecule has 0 bridgehead atoms. The number of hydrogen-bond acceptors (Lipinski definition) is 5. The minimum atomic E-state index is -0.219. The van der Waals surface area contributed by atoms with Crippen molar-refractivity contribution in [2.45, 2.75) is 32.9 Å². The summed E-state index contributed by atoms with van der Waals surface area (Å²) in [6, 6.07) is 8.04. The van der Waals surface area contributed by atoms with Crippen molar-refractivity contribution in [2.75, 3.05) is 46.4 Å². The summed E-state index contributed by atoms with van der Waals surface area (Å²) >= 11 is 0. The van der Waals surface area contributed by atoms with Crippen LogP contribution in [0.5, 0.6) is 0 Å². The van der Waals surface area contributed by atoms with Gasteiger partial charge in [-0.15, -0.1) is 5.10 Å². The average Bonchev–Trinajstić information content (AvgIpc) is 3.26. The summed E-state index contributed by atoms with van der Waals surface area (Å²) in [4.78, 5) is 19.3. The van der Waals surface area contributed by atoms with Crippen LogP contribution in [-0.4, -0.2) is 71.6 Å². The quantitative estimate of drug-likeness (QED) is 0.412. The highest BCUT2D eigenvalue weighted by Gasteiger charge is 2.37. The molecule has 0 radical (unpaired) electrons. The van der Waals surface area contributed by atoms with Gasteiger partial charge in [-0.1, -0.05) is 13.0 Å². The van der Waals surface area contributed by atoms with Crippen LogP contribution < -0.4 is 15.4 Å². The lowest BCUT2D eigenvalue weighted by Gasteiger charge is -2.33. The highest BCUT2D eigenvalue weighted by molar-refractivity contribution is 5.79. The first kappa shape index (κ1) is 21.6. The van der Waals surface area contributed by atoms with Crippen LogP contribution in [-0.2, 0) is 17.7 Å². The molecule has 0 saturated carbocycles. The third-order valence-corrected chi connectivity index (χ3v) is 6.49. The molecule has 3 aromatic rings. The third-order valence-electron chi connectivity index (χ3n) is 6.49. The lowest BCUT2D eigenvalue weighted by molar-refractivity contribution is -1.02. The minimum Gasteiger partial charge on any atom is -0.383 e. The fourth-order valence-electron chi connectivity index (χ4n) is 4.57. The first-order valence-corrected chi connectivity index (χ1v) is 11.2. The van der Waals surface area contributed by atoms with Gasteiger partial charge in [0, 0.05) is 12.6 Å². The molecule has 0 aliphatic carbocycles. The fourth-order valence-corrected chi connectivity index (χ4v) is 4.57. The van der Waals surface area contributed by atoms with Crippen molar-refractivity contribution in [3.63, 3.8) is 0 Å². The van der Waals surface area contributed by atoms with Crippen LogP contribution >= 0.6 is 0 Å². The third kappa shape index (κ3) is 4.53. The fraction of sp³-hybridized carbons (Fsp3) is 0.545. The van der Waals surface area contributed by atoms with E-state index in [0.29, 0.717) is 13.2 Å². The second-order valence-corrected chi connectivity index (χ2v) is 8.28. The van der Waals surface area contributed by atoms with Gasteiger partial charge >= 0.3 is 0 Å². The van der Waals surface area contributed by atoms with Crippen LogP contribution in [0.1, 0.15) is 36.8 Å². The van der Waals surface area contributed by atoms with E-state index in [0.717, 1.165) is 61.4 Å². The Balaban J connectivity index is 1.80. The number of likely N-dealkylation sites (N-methyl/N-ethyl adjacent to an activating group) is 1. The smallest absolute Gasteiger partial charge is 0.258 e. The number of fused-ring (bicyclic) bond motifs is 1. The van der Waals surface area contributed by atoms with Crippen molar-refractivity contribution in [2.24, 2.45) is 0 Å². The van der Waals surface area contributed by atoms with Gasteiger partial charge < -0.3 is 19.5 Å². The Morgan fingerprint density at radius 2 is 2.00 bits per heavy atom. The van der Waals surface area contributed by atoms with Gasteiger partial charge in [-0.25, -0.2) is 4.68 Å². The molecule has 0 amide bonds. The van der Waals surface area contributed by atoms with Gasteiger partial charge in [0.05, 0.1) is 25.3 Å². The molecular formula is C22H33N7O2+2. The number of pyridine rings is 1. The number of nitrogens with one attached hydrogen (secondary N) is 3. The second-order valence-electron chi connectivity index (χ2n) is 8.28. The number of methoxy groups -OCH3 is 1. The van der Waals surface area contributed by atoms with Crippen LogP contribution in [0.3, 0.4) is 0 Å². The van der Waals surface area contributed by atoms with E-state index in [9.17, 15) is 4.79 Å². The summed E-state index contributed by atoms with van der Waals surface area (Å²) in [5.74, 6) is 0.725. The number of nitrogens with zero attached hydrogens (tertiary/aromatic N) is 4. The Morgan fingerprint density at radius 3 is 2.71 bits per heavy atom. The highest BCUT2D eigenvalue weighted by Crippen LogP contribution is 2.20. The Kier molecular flexibility index (Phi) is 6.74. The molecule has 0 unspecified atom stereocenters. The topological polar surface area (TPSA) is 94.6 Å². The number of ether oxygens (including phenoxy) is 1. The molecule has 9 nitrogen and oxygen atoms in total. The minimum absolute atomic E-state index is 0.0687. The molecule has 1 fully saturated rings. The number of piperazine rings is 1. The van der Waals surface area contributed by atoms with Crippen molar-refractivity contribution in [1.82, 2.24) is 25.2 Å². The van der Waals surface area contributed by atoms with E-state index in [2.05, 4.69) is 46.5 Å². The monoisotopic (exact) mass is 427 g/mol. The van der Waals surface area contributed by atoms with Crippen LogP contribution in [0, 0.1) is 0 Å². The molecule has 31 heavy (non-hydrogen) atoms. The Labute approximate surface area is 182 Å². The molecule has 1 aliphatic rings. The molecule has 1 aromatic carbocycles. The van der Waals surface area contributed by atoms with E-state index < -0.39 is 0 Å². The largest absolute Gasteiger partial charge is 0.383 e. The van der Waals surface area contributed by atoms with Gasteiger partial charge in [-0.3, -0.25) is 4.79 Å². The number of tetrazole rings is 1. The molecular weight excluding hydrogens is 394 g/mol. The van der Waals surface area contributed by atoms with Crippen LogP contribution in [0.15, 0.2) is 29.1 Å². The van der Waals surface area contributed by atoms with Crippen LogP contribution in [0.2, 0.25) is 0 Å². The lowest BCUT2D eigenvalue weighted by atomic mass is 10.0. The van der Waals surface area contributed by atoms with Crippen LogP contribution in [0.25, 0.3) is 10.9 Å². The molecule has 9 heteroatoms. The molecule has 0 spiro atoms. The predicted octanol–water partition coefficient (Wildman–Crippen LogP) is -1.38. The summed E-state index contributed by atoms with van der Waals surface area (Å²) in [6.07, 6.45) is 0.954. The Hall–Kier alpha value is -2.62. The van der Waals surface area contributed by atoms with Gasteiger partial charge in [0.2, 0.25) is 5.82 Å². The number of rotatable bonds is 8. The number of aromatic nitrogens is 5. The van der Waals surface area contributed by atoms with Crippen molar-refractivity contribution >= 4 is 10.9 Å². The Bertz CT molecular complexity index is 1070. The van der Waals surface area contributed by atoms with E-state index >= 15 is 0 Å². The van der Waals surface area contributed by atoms with Gasteiger partial charge in [0.25, 0.3) is 5.56 Å². The standard InChI is InChI=1S/C22H31N7O2/c1-4-16-6-7-19-17(14-16)15-18(22(30)23-19)20(28-10-8-27(5-2)9-11-28)21-24-25-26-29(21)12-13-31-3/h6-7,14-15,20H,4-5,8-13H2,1-3H3,(H,23,30)/p+2/t20-/m0/s1.